The lowest BCUT2D eigenvalue weighted by Crippen LogP contribution is -2.48. The maximum Gasteiger partial charge on any atom is 0.306 e. The van der Waals surface area contributed by atoms with Crippen LogP contribution >= 0.6 is 0 Å². The summed E-state index contributed by atoms with van der Waals surface area (Å²) in [6.07, 6.45) is 2.66. The topological polar surface area (TPSA) is 173 Å². The summed E-state index contributed by atoms with van der Waals surface area (Å²) in [5, 5.41) is 12.3. The number of carbonyl (C=O) groups excluding carboxylic acids is 4. The average molecular weight is 649 g/mol. The number of amides is 2. The Kier molecular flexibility index (Phi) is 15.2. The van der Waals surface area contributed by atoms with E-state index in [-0.39, 0.29) is 36.2 Å². The second kappa shape index (κ2) is 19.1. The van der Waals surface area contributed by atoms with Crippen LogP contribution in [0.2, 0.25) is 0 Å². The van der Waals surface area contributed by atoms with Crippen LogP contribution in [0.15, 0.2) is 60.7 Å². The molecule has 2 aromatic rings. The number of carbonyl (C=O) groups is 5. The number of benzene rings is 2. The van der Waals surface area contributed by atoms with Crippen LogP contribution in [0.25, 0.3) is 0 Å². The third-order valence-electron chi connectivity index (χ3n) is 8.98. The normalized spacial score (nSPS) is 16.2. The smallest absolute Gasteiger partial charge is 0.306 e. The molecule has 6 N–H and O–H groups in total. The lowest BCUT2D eigenvalue weighted by molar-refractivity contribution is -0.147. The van der Waals surface area contributed by atoms with E-state index in [9.17, 15) is 29.1 Å². The van der Waals surface area contributed by atoms with E-state index in [1.807, 2.05) is 74.5 Å². The van der Waals surface area contributed by atoms with Gasteiger partial charge in [-0.25, -0.2) is 0 Å². The van der Waals surface area contributed by atoms with Crippen LogP contribution in [0.5, 0.6) is 0 Å². The lowest BCUT2D eigenvalue weighted by Gasteiger charge is -2.33. The fourth-order valence-electron chi connectivity index (χ4n) is 6.23. The zero-order valence-corrected chi connectivity index (χ0v) is 27.8. The van der Waals surface area contributed by atoms with Gasteiger partial charge in [0.1, 0.15) is 0 Å². The molecular formula is C37H52N4O6. The highest BCUT2D eigenvalue weighted by Gasteiger charge is 2.34. The summed E-state index contributed by atoms with van der Waals surface area (Å²) >= 11 is 0. The molecule has 4 atom stereocenters. The highest BCUT2D eigenvalue weighted by Crippen LogP contribution is 2.24. The van der Waals surface area contributed by atoms with Gasteiger partial charge < -0.3 is 26.8 Å². The maximum atomic E-state index is 13.9. The van der Waals surface area contributed by atoms with Gasteiger partial charge in [-0.3, -0.25) is 24.0 Å². The van der Waals surface area contributed by atoms with E-state index in [4.69, 9.17) is 11.5 Å². The number of carboxylic acid groups (broad SMARTS) is 1. The molecule has 47 heavy (non-hydrogen) atoms. The summed E-state index contributed by atoms with van der Waals surface area (Å²) in [7, 11) is 0. The van der Waals surface area contributed by atoms with Crippen molar-refractivity contribution in [2.24, 2.45) is 35.1 Å². The Balaban J connectivity index is 1.75. The molecule has 0 aromatic heterocycles. The number of Topliss-reactive ketones (excluding diaryl/α,β-unsaturated/α-hetero) is 2. The van der Waals surface area contributed by atoms with Crippen LogP contribution in [0.1, 0.15) is 69.9 Å². The van der Waals surface area contributed by atoms with Crippen molar-refractivity contribution < 1.29 is 29.1 Å². The minimum absolute atomic E-state index is 0.0560. The standard InChI is InChI=1S/C37H52N4O6/c1-25(2)20-32(34(43)23-29(14-9-17-38)36(45)41-18-15-28(16-19-41)37(46)47)40-35(44)30(21-26-10-5-3-6-11-26)24-33(42)31(39)22-27-12-7-4-8-13-27/h3-8,10-13,25,28-32H,9,14-24,38-39H2,1-2H3,(H,40,44)(H,46,47)/t29-,30-,31+,32+/m0/s1. The quantitative estimate of drug-likeness (QED) is 0.179. The molecule has 2 amide bonds. The first-order valence-corrected chi connectivity index (χ1v) is 16.9. The highest BCUT2D eigenvalue weighted by atomic mass is 16.4. The lowest BCUT2D eigenvalue weighted by atomic mass is 9.87. The minimum atomic E-state index is -0.857. The Bertz CT molecular complexity index is 1310. The molecule has 10 heteroatoms. The number of nitrogens with two attached hydrogens (primary N) is 2. The molecule has 0 radical (unpaired) electrons. The number of nitrogens with zero attached hydrogens (tertiary/aromatic N) is 1. The van der Waals surface area contributed by atoms with Crippen molar-refractivity contribution in [2.45, 2.75) is 83.7 Å². The van der Waals surface area contributed by atoms with Gasteiger partial charge in [0.05, 0.1) is 18.0 Å². The first kappa shape index (κ1) is 37.6. The Morgan fingerprint density at radius 3 is 1.94 bits per heavy atom. The van der Waals surface area contributed by atoms with Crippen molar-refractivity contribution >= 4 is 29.4 Å². The number of nitrogens with one attached hydrogen (secondary N) is 1. The van der Waals surface area contributed by atoms with Gasteiger partial charge in [0.2, 0.25) is 11.8 Å². The molecule has 0 unspecified atom stereocenters. The minimum Gasteiger partial charge on any atom is -0.481 e. The average Bonchev–Trinajstić information content (AvgIpc) is 3.06. The Morgan fingerprint density at radius 2 is 1.40 bits per heavy atom. The molecule has 0 aliphatic carbocycles. The van der Waals surface area contributed by atoms with E-state index in [0.29, 0.717) is 64.6 Å². The molecule has 1 heterocycles. The number of likely N-dealkylation sites (tertiary alicyclic amines) is 1. The Labute approximate surface area is 278 Å². The van der Waals surface area contributed by atoms with Gasteiger partial charge >= 0.3 is 5.97 Å². The van der Waals surface area contributed by atoms with Crippen molar-refractivity contribution in [3.8, 4) is 0 Å². The molecule has 1 aliphatic heterocycles. The zero-order valence-electron chi connectivity index (χ0n) is 27.8. The summed E-state index contributed by atoms with van der Waals surface area (Å²) in [6, 6.07) is 17.3. The second-order valence-corrected chi connectivity index (χ2v) is 13.3. The van der Waals surface area contributed by atoms with Crippen molar-refractivity contribution in [3.05, 3.63) is 71.8 Å². The van der Waals surface area contributed by atoms with Crippen LogP contribution in [0, 0.1) is 23.7 Å². The first-order chi connectivity index (χ1) is 22.5. The summed E-state index contributed by atoms with van der Waals surface area (Å²) < 4.78 is 0. The van der Waals surface area contributed by atoms with Gasteiger partial charge in [-0.2, -0.15) is 0 Å². The van der Waals surface area contributed by atoms with Crippen molar-refractivity contribution in [3.63, 3.8) is 0 Å². The number of carboxylic acids is 1. The van der Waals surface area contributed by atoms with E-state index >= 15 is 0 Å². The Morgan fingerprint density at radius 1 is 0.851 bits per heavy atom. The fraction of sp³-hybridized carbons (Fsp3) is 0.541. The monoisotopic (exact) mass is 648 g/mol. The predicted molar refractivity (Wildman–Crippen MR) is 181 cm³/mol. The van der Waals surface area contributed by atoms with Crippen molar-refractivity contribution in [1.82, 2.24) is 10.2 Å². The van der Waals surface area contributed by atoms with Gasteiger partial charge in [0, 0.05) is 37.8 Å². The van der Waals surface area contributed by atoms with Gasteiger partial charge in [-0.05, 0) is 68.5 Å². The molecule has 3 rings (SSSR count). The number of piperidine rings is 1. The highest BCUT2D eigenvalue weighted by molar-refractivity contribution is 5.94. The van der Waals surface area contributed by atoms with Gasteiger partial charge in [-0.1, -0.05) is 74.5 Å². The number of hydrogen-bond donors (Lipinski definition) is 4. The summed E-state index contributed by atoms with van der Waals surface area (Å²) in [4.78, 5) is 67.7. The van der Waals surface area contributed by atoms with Crippen molar-refractivity contribution in [2.75, 3.05) is 19.6 Å². The van der Waals surface area contributed by atoms with Crippen LogP contribution in [0.4, 0.5) is 0 Å². The molecule has 0 bridgehead atoms. The predicted octanol–water partition coefficient (Wildman–Crippen LogP) is 3.54. The largest absolute Gasteiger partial charge is 0.481 e. The van der Waals surface area contributed by atoms with Crippen LogP contribution in [-0.4, -0.2) is 71.1 Å². The summed E-state index contributed by atoms with van der Waals surface area (Å²) in [6.45, 7) is 4.95. The second-order valence-electron chi connectivity index (χ2n) is 13.3. The summed E-state index contributed by atoms with van der Waals surface area (Å²) in [5.41, 5.74) is 13.9. The first-order valence-electron chi connectivity index (χ1n) is 16.9. The number of rotatable bonds is 19. The van der Waals surface area contributed by atoms with Crippen LogP contribution < -0.4 is 16.8 Å². The SMILES string of the molecule is CC(C)C[C@@H](NC(=O)[C@H](CC(=O)[C@H](N)Cc1ccccc1)Cc1ccccc1)C(=O)C[C@H](CCCN)C(=O)N1CCC(C(=O)O)CC1. The fourth-order valence-corrected chi connectivity index (χ4v) is 6.23. The zero-order chi connectivity index (χ0) is 34.3. The molecule has 0 saturated carbocycles. The molecule has 1 aliphatic rings. The number of ketones is 2. The Hall–Kier alpha value is -3.89. The molecular weight excluding hydrogens is 596 g/mol. The van der Waals surface area contributed by atoms with Gasteiger partial charge in [0.25, 0.3) is 0 Å². The molecule has 10 nitrogen and oxygen atoms in total. The maximum absolute atomic E-state index is 13.9. The molecule has 1 fully saturated rings. The van der Waals surface area contributed by atoms with Gasteiger partial charge in [0.15, 0.2) is 11.6 Å². The molecule has 0 spiro atoms. The van der Waals surface area contributed by atoms with Crippen molar-refractivity contribution in [1.29, 1.82) is 0 Å². The molecule has 256 valence electrons. The van der Waals surface area contributed by atoms with Gasteiger partial charge in [-0.15, -0.1) is 0 Å². The van der Waals surface area contributed by atoms with Crippen LogP contribution in [0.3, 0.4) is 0 Å². The number of aliphatic carboxylic acids is 1. The van der Waals surface area contributed by atoms with E-state index in [1.54, 1.807) is 4.90 Å². The van der Waals surface area contributed by atoms with E-state index in [0.717, 1.165) is 11.1 Å². The van der Waals surface area contributed by atoms with E-state index in [1.165, 1.54) is 0 Å². The molecule has 1 saturated heterocycles. The van der Waals surface area contributed by atoms with E-state index in [2.05, 4.69) is 5.32 Å². The third-order valence-corrected chi connectivity index (χ3v) is 8.98. The van der Waals surface area contributed by atoms with Crippen LogP contribution in [-0.2, 0) is 36.8 Å². The third kappa shape index (κ3) is 12.3. The number of hydrogen-bond acceptors (Lipinski definition) is 7. The molecule has 2 aromatic carbocycles. The summed E-state index contributed by atoms with van der Waals surface area (Å²) in [5.74, 6) is -3.65. The van der Waals surface area contributed by atoms with E-state index < -0.39 is 41.7 Å².